The van der Waals surface area contributed by atoms with Crippen LogP contribution in [-0.2, 0) is 15.3 Å². The van der Waals surface area contributed by atoms with Crippen LogP contribution < -0.4 is 5.32 Å². The summed E-state index contributed by atoms with van der Waals surface area (Å²) in [5, 5.41) is 53.3. The second-order valence-electron chi connectivity index (χ2n) is 5.50. The topological polar surface area (TPSA) is 162 Å². The minimum Gasteiger partial charge on any atom is -0.394 e. The van der Waals surface area contributed by atoms with Gasteiger partial charge in [0.2, 0.25) is 11.7 Å². The molecule has 1 aromatic rings. The van der Waals surface area contributed by atoms with Crippen LogP contribution in [0.5, 0.6) is 0 Å². The van der Waals surface area contributed by atoms with Gasteiger partial charge in [0.15, 0.2) is 0 Å². The molecule has 0 bridgehead atoms. The number of carbonyl (C=O) groups is 1. The van der Waals surface area contributed by atoms with E-state index in [4.69, 9.17) is 4.74 Å². The summed E-state index contributed by atoms with van der Waals surface area (Å²) in [6, 6.07) is 3.19. The fraction of sp³-hybridized carbons (Fsp3) is 0.500. The molecule has 1 saturated heterocycles. The van der Waals surface area contributed by atoms with E-state index in [0.717, 1.165) is 19.1 Å². The number of carbonyl (C=O) groups excluding carboxylic acids is 1. The van der Waals surface area contributed by atoms with Crippen molar-refractivity contribution in [1.82, 2.24) is 5.32 Å². The van der Waals surface area contributed by atoms with Gasteiger partial charge in [-0.05, 0) is 12.1 Å². The smallest absolute Gasteiger partial charge is 0.269 e. The molecule has 0 aromatic heterocycles. The molecule has 1 amide bonds. The summed E-state index contributed by atoms with van der Waals surface area (Å²) in [7, 11) is 0. The molecule has 0 aliphatic carbocycles. The minimum atomic E-state index is -2.30. The zero-order valence-electron chi connectivity index (χ0n) is 12.7. The van der Waals surface area contributed by atoms with Crippen LogP contribution in [0.25, 0.3) is 0 Å². The van der Waals surface area contributed by atoms with Crippen molar-refractivity contribution in [2.24, 2.45) is 0 Å². The molecule has 10 heteroatoms. The van der Waals surface area contributed by atoms with Crippen molar-refractivity contribution >= 4 is 11.6 Å². The summed E-state index contributed by atoms with van der Waals surface area (Å²) in [6.45, 7) is 0.452. The molecular weight excluding hydrogens is 324 g/mol. The highest BCUT2D eigenvalue weighted by atomic mass is 16.6. The Hall–Kier alpha value is -2.11. The first-order valence-corrected chi connectivity index (χ1v) is 7.10. The van der Waals surface area contributed by atoms with Crippen LogP contribution in [0.2, 0.25) is 0 Å². The van der Waals surface area contributed by atoms with Crippen LogP contribution in [0.15, 0.2) is 24.3 Å². The van der Waals surface area contributed by atoms with Gasteiger partial charge in [0.25, 0.3) is 5.69 Å². The number of nitro benzene ring substituents is 1. The molecule has 0 unspecified atom stereocenters. The van der Waals surface area contributed by atoms with Gasteiger partial charge in [-0.25, -0.2) is 0 Å². The van der Waals surface area contributed by atoms with Gasteiger partial charge < -0.3 is 30.5 Å². The quantitative estimate of drug-likeness (QED) is 0.321. The molecule has 0 radical (unpaired) electrons. The number of aliphatic hydroxyl groups is 4. The lowest BCUT2D eigenvalue weighted by Gasteiger charge is -2.47. The van der Waals surface area contributed by atoms with E-state index in [1.165, 1.54) is 12.1 Å². The molecule has 0 spiro atoms. The first kappa shape index (κ1) is 18.2. The highest BCUT2D eigenvalue weighted by molar-refractivity contribution is 5.73. The summed E-state index contributed by atoms with van der Waals surface area (Å²) in [6.07, 6.45) is -4.50. The predicted molar refractivity (Wildman–Crippen MR) is 78.6 cm³/mol. The molecule has 0 saturated carbocycles. The molecule has 1 aromatic carbocycles. The van der Waals surface area contributed by atoms with Crippen molar-refractivity contribution in [2.75, 3.05) is 6.61 Å². The molecule has 1 aliphatic heterocycles. The molecular formula is C14H18N2O8. The SMILES string of the molecule is CC(=O)N[C@@H]1[C@@H](O)[C@@H](O)[C@@H](CO)O[C@]1(O)c1ccc([N+](=O)[O-])cc1. The van der Waals surface area contributed by atoms with E-state index < -0.39 is 47.6 Å². The Morgan fingerprint density at radius 3 is 2.38 bits per heavy atom. The van der Waals surface area contributed by atoms with E-state index >= 15 is 0 Å². The number of non-ortho nitro benzene ring substituents is 1. The number of ether oxygens (including phenoxy) is 1. The molecule has 1 aliphatic rings. The van der Waals surface area contributed by atoms with Crippen LogP contribution >= 0.6 is 0 Å². The van der Waals surface area contributed by atoms with Crippen molar-refractivity contribution in [1.29, 1.82) is 0 Å². The van der Waals surface area contributed by atoms with Crippen molar-refractivity contribution in [2.45, 2.75) is 37.1 Å². The van der Waals surface area contributed by atoms with Gasteiger partial charge in [-0.1, -0.05) is 0 Å². The molecule has 5 N–H and O–H groups in total. The third kappa shape index (κ3) is 3.23. The van der Waals surface area contributed by atoms with Gasteiger partial charge in [-0.3, -0.25) is 14.9 Å². The van der Waals surface area contributed by atoms with Crippen molar-refractivity contribution in [3.63, 3.8) is 0 Å². The van der Waals surface area contributed by atoms with Gasteiger partial charge in [-0.2, -0.15) is 0 Å². The maximum atomic E-state index is 11.4. The van der Waals surface area contributed by atoms with Gasteiger partial charge in [0.1, 0.15) is 24.4 Å². The van der Waals surface area contributed by atoms with Gasteiger partial charge in [-0.15, -0.1) is 0 Å². The lowest BCUT2D eigenvalue weighted by molar-refractivity contribution is -0.385. The number of nitrogens with zero attached hydrogens (tertiary/aromatic N) is 1. The first-order valence-electron chi connectivity index (χ1n) is 7.10. The number of aliphatic hydroxyl groups excluding tert-OH is 3. The van der Waals surface area contributed by atoms with Gasteiger partial charge in [0, 0.05) is 24.6 Å². The zero-order chi connectivity index (χ0) is 18.1. The van der Waals surface area contributed by atoms with Gasteiger partial charge in [0.05, 0.1) is 11.5 Å². The summed E-state index contributed by atoms with van der Waals surface area (Å²) in [5.74, 6) is -2.90. The van der Waals surface area contributed by atoms with Crippen LogP contribution in [0.1, 0.15) is 12.5 Å². The molecule has 132 valence electrons. The zero-order valence-corrected chi connectivity index (χ0v) is 12.7. The fourth-order valence-electron chi connectivity index (χ4n) is 2.64. The molecule has 24 heavy (non-hydrogen) atoms. The Kier molecular flexibility index (Phi) is 5.16. The highest BCUT2D eigenvalue weighted by Gasteiger charge is 2.54. The van der Waals surface area contributed by atoms with Crippen LogP contribution in [0.4, 0.5) is 5.69 Å². The standard InChI is InChI=1S/C14H18N2O8/c1-7(18)15-13-12(20)11(19)10(6-17)24-14(13,21)8-2-4-9(5-3-8)16(22)23/h2-5,10-13,17,19-21H,6H2,1H3,(H,15,18)/t10-,11+,12+,13-,14-/m1/s1. The van der Waals surface area contributed by atoms with E-state index in [1.807, 2.05) is 0 Å². The molecule has 1 heterocycles. The Bertz CT molecular complexity index is 622. The lowest BCUT2D eigenvalue weighted by atomic mass is 9.86. The molecule has 2 rings (SSSR count). The van der Waals surface area contributed by atoms with Crippen LogP contribution in [0, 0.1) is 10.1 Å². The third-order valence-corrected chi connectivity index (χ3v) is 3.86. The summed E-state index contributed by atoms with van der Waals surface area (Å²) in [5.41, 5.74) is -0.218. The maximum Gasteiger partial charge on any atom is 0.269 e. The number of rotatable bonds is 4. The van der Waals surface area contributed by atoms with E-state index in [9.17, 15) is 35.3 Å². The van der Waals surface area contributed by atoms with Crippen LogP contribution in [0.3, 0.4) is 0 Å². The van der Waals surface area contributed by atoms with Crippen molar-refractivity contribution < 1.29 is 34.9 Å². The van der Waals surface area contributed by atoms with E-state index in [-0.39, 0.29) is 11.3 Å². The second kappa shape index (κ2) is 6.79. The average molecular weight is 342 g/mol. The number of hydrogen-bond acceptors (Lipinski definition) is 8. The fourth-order valence-corrected chi connectivity index (χ4v) is 2.64. The Morgan fingerprint density at radius 2 is 1.92 bits per heavy atom. The Labute approximate surface area is 136 Å². The van der Waals surface area contributed by atoms with Crippen molar-refractivity contribution in [3.05, 3.63) is 39.9 Å². The van der Waals surface area contributed by atoms with E-state index in [0.29, 0.717) is 0 Å². The Morgan fingerprint density at radius 1 is 1.33 bits per heavy atom. The largest absolute Gasteiger partial charge is 0.394 e. The summed E-state index contributed by atoms with van der Waals surface area (Å²) in [4.78, 5) is 21.5. The molecule has 10 nitrogen and oxygen atoms in total. The van der Waals surface area contributed by atoms with Gasteiger partial charge >= 0.3 is 0 Å². The number of benzene rings is 1. The predicted octanol–water partition coefficient (Wildman–Crippen LogP) is -1.64. The van der Waals surface area contributed by atoms with Crippen LogP contribution in [-0.4, -0.2) is 62.2 Å². The number of nitro groups is 1. The summed E-state index contributed by atoms with van der Waals surface area (Å²) >= 11 is 0. The number of amides is 1. The maximum absolute atomic E-state index is 11.4. The molecule has 5 atom stereocenters. The monoisotopic (exact) mass is 342 g/mol. The number of hydrogen-bond donors (Lipinski definition) is 5. The van der Waals surface area contributed by atoms with E-state index in [2.05, 4.69) is 5.32 Å². The van der Waals surface area contributed by atoms with E-state index in [1.54, 1.807) is 0 Å². The Balaban J connectivity index is 2.46. The lowest BCUT2D eigenvalue weighted by Crippen LogP contribution is -2.68. The highest BCUT2D eigenvalue weighted by Crippen LogP contribution is 2.36. The number of nitrogens with one attached hydrogen (secondary N) is 1. The average Bonchev–Trinajstić information content (AvgIpc) is 2.55. The normalized spacial score (nSPS) is 33.0. The molecule has 1 fully saturated rings. The minimum absolute atomic E-state index is 0.0104. The summed E-state index contributed by atoms with van der Waals surface area (Å²) < 4.78 is 5.32. The first-order chi connectivity index (χ1) is 11.2. The second-order valence-corrected chi connectivity index (χ2v) is 5.50. The van der Waals surface area contributed by atoms with Crippen molar-refractivity contribution in [3.8, 4) is 0 Å². The third-order valence-electron chi connectivity index (χ3n) is 3.86.